The predicted molar refractivity (Wildman–Crippen MR) is 55.0 cm³/mol. The van der Waals surface area contributed by atoms with E-state index in [1.54, 1.807) is 0 Å². The number of rotatable bonds is 0. The van der Waals surface area contributed by atoms with Gasteiger partial charge in [-0.05, 0) is 26.0 Å². The van der Waals surface area contributed by atoms with Crippen LogP contribution in [0.2, 0.25) is 0 Å². The second kappa shape index (κ2) is 2.38. The Morgan fingerprint density at radius 2 is 2.21 bits per heavy atom. The Kier molecular flexibility index (Phi) is 1.37. The normalized spacial score (nSPS) is 20.4. The SMILES string of the molecule is CC1(C)Cc2cc3c(cc2O1)=CCN=3. The molecule has 2 aliphatic rings. The molecule has 0 unspecified atom stereocenters. The van der Waals surface area contributed by atoms with Crippen molar-refractivity contribution in [3.63, 3.8) is 0 Å². The first-order valence-corrected chi connectivity index (χ1v) is 5.01. The largest absolute Gasteiger partial charge is 0.487 e. The maximum Gasteiger partial charge on any atom is 0.124 e. The zero-order valence-electron chi connectivity index (χ0n) is 8.50. The van der Waals surface area contributed by atoms with Gasteiger partial charge in [-0.3, -0.25) is 4.99 Å². The molecule has 0 N–H and O–H groups in total. The molecule has 0 amide bonds. The summed E-state index contributed by atoms with van der Waals surface area (Å²) in [4.78, 5) is 4.41. The predicted octanol–water partition coefficient (Wildman–Crippen LogP) is 0.814. The molecular formula is C12H13NO. The van der Waals surface area contributed by atoms with Crippen LogP contribution in [0.1, 0.15) is 19.4 Å². The molecule has 2 heterocycles. The van der Waals surface area contributed by atoms with Gasteiger partial charge in [-0.2, -0.15) is 0 Å². The highest BCUT2D eigenvalue weighted by molar-refractivity contribution is 5.43. The molecule has 2 aliphatic heterocycles. The van der Waals surface area contributed by atoms with Crippen LogP contribution < -0.4 is 15.3 Å². The van der Waals surface area contributed by atoms with E-state index in [0.29, 0.717) is 0 Å². The van der Waals surface area contributed by atoms with E-state index < -0.39 is 0 Å². The summed E-state index contributed by atoms with van der Waals surface area (Å²) in [6.07, 6.45) is 3.13. The zero-order chi connectivity index (χ0) is 9.76. The minimum absolute atomic E-state index is 0.0442. The van der Waals surface area contributed by atoms with Crippen LogP contribution in [0.5, 0.6) is 5.75 Å². The van der Waals surface area contributed by atoms with Crippen molar-refractivity contribution in [1.82, 2.24) is 0 Å². The third-order valence-electron chi connectivity index (χ3n) is 2.79. The highest BCUT2D eigenvalue weighted by atomic mass is 16.5. The Balaban J connectivity index is 2.23. The average Bonchev–Trinajstić information content (AvgIpc) is 2.59. The van der Waals surface area contributed by atoms with E-state index in [4.69, 9.17) is 4.74 Å². The maximum atomic E-state index is 5.86. The van der Waals surface area contributed by atoms with Crippen molar-refractivity contribution in [3.8, 4) is 5.75 Å². The van der Waals surface area contributed by atoms with Gasteiger partial charge in [-0.1, -0.05) is 6.08 Å². The smallest absolute Gasteiger partial charge is 0.124 e. The first kappa shape index (κ1) is 8.04. The van der Waals surface area contributed by atoms with Gasteiger partial charge in [0, 0.05) is 17.2 Å². The lowest BCUT2D eigenvalue weighted by atomic mass is 10.0. The maximum absolute atomic E-state index is 5.86. The Hall–Kier alpha value is -1.31. The number of hydrogen-bond donors (Lipinski definition) is 0. The molecule has 1 aromatic rings. The van der Waals surface area contributed by atoms with E-state index in [-0.39, 0.29) is 5.60 Å². The van der Waals surface area contributed by atoms with Gasteiger partial charge < -0.3 is 4.74 Å². The number of ether oxygens (including phenoxy) is 1. The standard InChI is InChI=1S/C12H13NO/c1-12(2)7-9-5-10-8(3-4-13-10)6-11(9)14-12/h3,5-6H,4,7H2,1-2H3. The topological polar surface area (TPSA) is 21.6 Å². The molecule has 1 aromatic carbocycles. The van der Waals surface area contributed by atoms with E-state index >= 15 is 0 Å². The van der Waals surface area contributed by atoms with Crippen molar-refractivity contribution < 1.29 is 4.74 Å². The first-order chi connectivity index (χ1) is 6.64. The lowest BCUT2D eigenvalue weighted by molar-refractivity contribution is 0.138. The first-order valence-electron chi connectivity index (χ1n) is 5.01. The molecule has 0 bridgehead atoms. The fourth-order valence-electron chi connectivity index (χ4n) is 2.20. The minimum atomic E-state index is -0.0442. The molecule has 0 aromatic heterocycles. The van der Waals surface area contributed by atoms with E-state index in [2.05, 4.69) is 37.0 Å². The lowest BCUT2D eigenvalue weighted by Crippen LogP contribution is -2.24. The molecule has 0 fully saturated rings. The Morgan fingerprint density at radius 3 is 3.07 bits per heavy atom. The summed E-state index contributed by atoms with van der Waals surface area (Å²) in [6, 6.07) is 4.29. The van der Waals surface area contributed by atoms with Gasteiger partial charge in [0.05, 0.1) is 11.9 Å². The van der Waals surface area contributed by atoms with Gasteiger partial charge in [0.2, 0.25) is 0 Å². The molecule has 0 saturated carbocycles. The van der Waals surface area contributed by atoms with E-state index in [0.717, 1.165) is 24.1 Å². The van der Waals surface area contributed by atoms with Crippen molar-refractivity contribution in [2.45, 2.75) is 25.9 Å². The van der Waals surface area contributed by atoms with Crippen molar-refractivity contribution >= 4 is 6.08 Å². The van der Waals surface area contributed by atoms with Crippen LogP contribution in [0.4, 0.5) is 0 Å². The number of fused-ring (bicyclic) bond motifs is 2. The molecule has 0 aliphatic carbocycles. The van der Waals surface area contributed by atoms with Crippen molar-refractivity contribution in [2.75, 3.05) is 6.54 Å². The van der Waals surface area contributed by atoms with Gasteiger partial charge in [-0.25, -0.2) is 0 Å². The van der Waals surface area contributed by atoms with E-state index in [1.807, 2.05) is 0 Å². The van der Waals surface area contributed by atoms with Crippen molar-refractivity contribution in [1.29, 1.82) is 0 Å². The molecule has 0 atom stereocenters. The molecule has 0 radical (unpaired) electrons. The molecule has 14 heavy (non-hydrogen) atoms. The Bertz CT molecular complexity index is 469. The van der Waals surface area contributed by atoms with E-state index in [1.165, 1.54) is 10.8 Å². The third kappa shape index (κ3) is 1.07. The molecule has 0 spiro atoms. The second-order valence-electron chi connectivity index (χ2n) is 4.60. The van der Waals surface area contributed by atoms with Gasteiger partial charge in [0.15, 0.2) is 0 Å². The third-order valence-corrected chi connectivity index (χ3v) is 2.79. The van der Waals surface area contributed by atoms with Crippen molar-refractivity contribution in [2.24, 2.45) is 4.99 Å². The van der Waals surface area contributed by atoms with Gasteiger partial charge >= 0.3 is 0 Å². The van der Waals surface area contributed by atoms with Gasteiger partial charge in [0.1, 0.15) is 11.4 Å². The highest BCUT2D eigenvalue weighted by Gasteiger charge is 2.30. The molecule has 3 rings (SSSR count). The molecule has 2 heteroatoms. The second-order valence-corrected chi connectivity index (χ2v) is 4.60. The lowest BCUT2D eigenvalue weighted by Gasteiger charge is -2.16. The minimum Gasteiger partial charge on any atom is -0.487 e. The summed E-state index contributed by atoms with van der Waals surface area (Å²) in [6.45, 7) is 5.07. The highest BCUT2D eigenvalue weighted by Crippen LogP contribution is 2.32. The fourth-order valence-corrected chi connectivity index (χ4v) is 2.20. The fraction of sp³-hybridized carbons (Fsp3) is 0.417. The molecule has 2 nitrogen and oxygen atoms in total. The van der Waals surface area contributed by atoms with Crippen LogP contribution in [0, 0.1) is 0 Å². The molecule has 72 valence electrons. The zero-order valence-corrected chi connectivity index (χ0v) is 8.50. The number of nitrogens with zero attached hydrogens (tertiary/aromatic N) is 1. The van der Waals surface area contributed by atoms with Crippen LogP contribution in [-0.2, 0) is 6.42 Å². The molecule has 0 saturated heterocycles. The summed E-state index contributed by atoms with van der Waals surface area (Å²) in [7, 11) is 0. The van der Waals surface area contributed by atoms with Gasteiger partial charge in [-0.15, -0.1) is 0 Å². The Labute approximate surface area is 82.9 Å². The van der Waals surface area contributed by atoms with Crippen molar-refractivity contribution in [3.05, 3.63) is 28.3 Å². The molecular weight excluding hydrogens is 174 g/mol. The Morgan fingerprint density at radius 1 is 1.36 bits per heavy atom. The van der Waals surface area contributed by atoms with E-state index in [9.17, 15) is 0 Å². The average molecular weight is 187 g/mol. The summed E-state index contributed by atoms with van der Waals surface area (Å²) < 4.78 is 5.86. The monoisotopic (exact) mass is 187 g/mol. The summed E-state index contributed by atoms with van der Waals surface area (Å²) in [5.74, 6) is 1.04. The number of benzene rings is 1. The van der Waals surface area contributed by atoms with Crippen LogP contribution in [0.15, 0.2) is 17.1 Å². The summed E-state index contributed by atoms with van der Waals surface area (Å²) in [5.41, 5.74) is 1.25. The number of hydrogen-bond acceptors (Lipinski definition) is 2. The van der Waals surface area contributed by atoms with Crippen LogP contribution >= 0.6 is 0 Å². The van der Waals surface area contributed by atoms with Gasteiger partial charge in [0.25, 0.3) is 0 Å². The summed E-state index contributed by atoms with van der Waals surface area (Å²) in [5, 5.41) is 2.35. The van der Waals surface area contributed by atoms with Crippen LogP contribution in [0.25, 0.3) is 6.08 Å². The quantitative estimate of drug-likeness (QED) is 0.589. The van der Waals surface area contributed by atoms with Crippen LogP contribution in [0.3, 0.4) is 0 Å². The van der Waals surface area contributed by atoms with Crippen LogP contribution in [-0.4, -0.2) is 12.1 Å². The summed E-state index contributed by atoms with van der Waals surface area (Å²) >= 11 is 0.